The van der Waals surface area contributed by atoms with Crippen LogP contribution in [0.1, 0.15) is 39.2 Å². The van der Waals surface area contributed by atoms with Gasteiger partial charge in [-0.3, -0.25) is 15.0 Å². The molecule has 3 rings (SSSR count). The van der Waals surface area contributed by atoms with Crippen molar-refractivity contribution < 1.29 is 14.0 Å². The van der Waals surface area contributed by atoms with Crippen molar-refractivity contribution in [1.29, 1.82) is 0 Å². The van der Waals surface area contributed by atoms with E-state index in [2.05, 4.69) is 24.7 Å². The van der Waals surface area contributed by atoms with E-state index in [0.29, 0.717) is 26.1 Å². The van der Waals surface area contributed by atoms with Crippen molar-refractivity contribution in [3.05, 3.63) is 35.6 Å². The van der Waals surface area contributed by atoms with Gasteiger partial charge in [-0.25, -0.2) is 9.82 Å². The van der Waals surface area contributed by atoms with E-state index in [1.807, 2.05) is 16.7 Å². The zero-order valence-corrected chi connectivity index (χ0v) is 16.2. The molecule has 0 bridgehead atoms. The fourth-order valence-corrected chi connectivity index (χ4v) is 3.83. The molecule has 1 aromatic carbocycles. The third-order valence-corrected chi connectivity index (χ3v) is 5.46. The summed E-state index contributed by atoms with van der Waals surface area (Å²) >= 11 is 0. The zero-order chi connectivity index (χ0) is 19.6. The molecule has 0 radical (unpaired) electrons. The van der Waals surface area contributed by atoms with Gasteiger partial charge in [0.15, 0.2) is 0 Å². The van der Waals surface area contributed by atoms with E-state index in [1.165, 1.54) is 12.1 Å². The number of nitrogens with one attached hydrogen (secondary N) is 2. The van der Waals surface area contributed by atoms with Gasteiger partial charge < -0.3 is 9.80 Å². The van der Waals surface area contributed by atoms with Crippen LogP contribution in [0.5, 0.6) is 0 Å². The smallest absolute Gasteiger partial charge is 0.241 e. The van der Waals surface area contributed by atoms with Gasteiger partial charge in [0.25, 0.3) is 0 Å². The number of amides is 2. The van der Waals surface area contributed by atoms with Crippen LogP contribution in [0.25, 0.3) is 0 Å². The summed E-state index contributed by atoms with van der Waals surface area (Å²) in [4.78, 5) is 29.4. The normalized spacial score (nSPS) is 26.6. The second-order valence-corrected chi connectivity index (χ2v) is 7.97. The molecule has 2 aliphatic heterocycles. The third-order valence-electron chi connectivity index (χ3n) is 5.46. The molecule has 6 nitrogen and oxygen atoms in total. The number of halogens is 1. The maximum Gasteiger partial charge on any atom is 0.241 e. The Hall–Kier alpha value is -1.99. The molecule has 0 aromatic heterocycles. The first-order valence-electron chi connectivity index (χ1n) is 9.69. The number of nitrogens with zero attached hydrogens (tertiary/aromatic N) is 2. The summed E-state index contributed by atoms with van der Waals surface area (Å²) in [7, 11) is 0. The Labute approximate surface area is 160 Å². The Kier molecular flexibility index (Phi) is 6.11. The molecule has 2 aliphatic rings. The molecule has 7 heteroatoms. The van der Waals surface area contributed by atoms with E-state index >= 15 is 0 Å². The van der Waals surface area contributed by atoms with Gasteiger partial charge >= 0.3 is 0 Å². The van der Waals surface area contributed by atoms with E-state index < -0.39 is 0 Å². The summed E-state index contributed by atoms with van der Waals surface area (Å²) in [6, 6.07) is 6.19. The minimum Gasteiger partial charge on any atom is -0.339 e. The van der Waals surface area contributed by atoms with Crippen LogP contribution in [-0.4, -0.2) is 52.8 Å². The highest BCUT2D eigenvalue weighted by Crippen LogP contribution is 2.22. The maximum atomic E-state index is 13.2. The van der Waals surface area contributed by atoms with Crippen LogP contribution in [0.15, 0.2) is 24.3 Å². The molecule has 3 atom stereocenters. The molecule has 148 valence electrons. The lowest BCUT2D eigenvalue weighted by Crippen LogP contribution is -2.50. The highest BCUT2D eigenvalue weighted by atomic mass is 19.1. The first-order valence-corrected chi connectivity index (χ1v) is 9.69. The fourth-order valence-electron chi connectivity index (χ4n) is 3.83. The summed E-state index contributed by atoms with van der Waals surface area (Å²) in [6.45, 7) is 7.57. The largest absolute Gasteiger partial charge is 0.339 e. The van der Waals surface area contributed by atoms with Crippen molar-refractivity contribution >= 4 is 11.8 Å². The van der Waals surface area contributed by atoms with Crippen molar-refractivity contribution in [2.45, 2.75) is 58.3 Å². The number of carbonyl (C=O) groups excluding carboxylic acids is 2. The number of hydrogen-bond donors (Lipinski definition) is 2. The number of carbonyl (C=O) groups is 2. The average Bonchev–Trinajstić information content (AvgIpc) is 3.00. The molecule has 3 unspecified atom stereocenters. The highest BCUT2D eigenvalue weighted by Gasteiger charge is 2.37. The van der Waals surface area contributed by atoms with Crippen LogP contribution in [0, 0.1) is 11.7 Å². The number of hydrazine groups is 1. The average molecular weight is 376 g/mol. The molecule has 2 amide bonds. The van der Waals surface area contributed by atoms with Gasteiger partial charge in [-0.1, -0.05) is 26.0 Å². The van der Waals surface area contributed by atoms with Gasteiger partial charge in [-0.05, 0) is 37.0 Å². The Bertz CT molecular complexity index is 679. The van der Waals surface area contributed by atoms with E-state index in [4.69, 9.17) is 0 Å². The molecular weight excluding hydrogens is 347 g/mol. The number of rotatable bonds is 4. The second-order valence-electron chi connectivity index (χ2n) is 7.97. The van der Waals surface area contributed by atoms with Crippen LogP contribution in [0.4, 0.5) is 4.39 Å². The summed E-state index contributed by atoms with van der Waals surface area (Å²) < 4.78 is 13.2. The topological polar surface area (TPSA) is 64.7 Å². The number of hydrogen-bond acceptors (Lipinski definition) is 4. The van der Waals surface area contributed by atoms with Crippen LogP contribution in [-0.2, 0) is 16.1 Å². The van der Waals surface area contributed by atoms with E-state index in [0.717, 1.165) is 12.0 Å². The van der Waals surface area contributed by atoms with Crippen molar-refractivity contribution in [1.82, 2.24) is 20.7 Å². The minimum atomic E-state index is -0.287. The molecule has 2 N–H and O–H groups in total. The molecule has 27 heavy (non-hydrogen) atoms. The molecule has 0 saturated carbocycles. The van der Waals surface area contributed by atoms with Crippen LogP contribution in [0.2, 0.25) is 0 Å². The van der Waals surface area contributed by atoms with Gasteiger partial charge in [0, 0.05) is 32.1 Å². The SMILES string of the molecule is CC1CC(C(=O)N2CCC(=O)N(Cc3ccc(F)cc3)C(C(C)C)C2)NN1. The summed E-state index contributed by atoms with van der Waals surface area (Å²) in [5.74, 6) is 0.00883. The third kappa shape index (κ3) is 4.65. The zero-order valence-electron chi connectivity index (χ0n) is 16.2. The second kappa shape index (κ2) is 8.35. The van der Waals surface area contributed by atoms with Crippen LogP contribution in [0.3, 0.4) is 0 Å². The predicted octanol–water partition coefficient (Wildman–Crippen LogP) is 1.67. The van der Waals surface area contributed by atoms with E-state index in [9.17, 15) is 14.0 Å². The standard InChI is InChI=1S/C20H29FN4O2/c1-13(2)18-12-24(20(27)17-10-14(3)22-23-17)9-8-19(26)25(18)11-15-4-6-16(21)7-5-15/h4-7,13-14,17-18,22-23H,8-12H2,1-3H3. The van der Waals surface area contributed by atoms with Gasteiger partial charge in [0.05, 0.1) is 6.04 Å². The molecule has 2 fully saturated rings. The maximum absolute atomic E-state index is 13.2. The first-order chi connectivity index (χ1) is 12.8. The lowest BCUT2D eigenvalue weighted by Gasteiger charge is -2.35. The Morgan fingerprint density at radius 2 is 1.96 bits per heavy atom. The van der Waals surface area contributed by atoms with Gasteiger partial charge in [0.2, 0.25) is 11.8 Å². The Morgan fingerprint density at radius 1 is 1.26 bits per heavy atom. The summed E-state index contributed by atoms with van der Waals surface area (Å²) in [5, 5.41) is 0. The molecular formula is C20H29FN4O2. The van der Waals surface area contributed by atoms with Gasteiger partial charge in [-0.2, -0.15) is 0 Å². The molecule has 0 aliphatic carbocycles. The molecule has 2 saturated heterocycles. The molecule has 0 spiro atoms. The Balaban J connectivity index is 1.76. The quantitative estimate of drug-likeness (QED) is 0.839. The van der Waals surface area contributed by atoms with Crippen LogP contribution >= 0.6 is 0 Å². The molecule has 1 aromatic rings. The van der Waals surface area contributed by atoms with Gasteiger partial charge in [-0.15, -0.1) is 0 Å². The van der Waals surface area contributed by atoms with Gasteiger partial charge in [0.1, 0.15) is 11.9 Å². The highest BCUT2D eigenvalue weighted by molar-refractivity contribution is 5.84. The van der Waals surface area contributed by atoms with E-state index in [-0.39, 0.29) is 41.7 Å². The lowest BCUT2D eigenvalue weighted by atomic mass is 10.0. The Morgan fingerprint density at radius 3 is 2.56 bits per heavy atom. The summed E-state index contributed by atoms with van der Waals surface area (Å²) in [5.41, 5.74) is 7.04. The first kappa shape index (κ1) is 19.8. The predicted molar refractivity (Wildman–Crippen MR) is 101 cm³/mol. The summed E-state index contributed by atoms with van der Waals surface area (Å²) in [6.07, 6.45) is 1.06. The molecule has 2 heterocycles. The fraction of sp³-hybridized carbons (Fsp3) is 0.600. The minimum absolute atomic E-state index is 0.0409. The lowest BCUT2D eigenvalue weighted by molar-refractivity contribution is -0.135. The van der Waals surface area contributed by atoms with Crippen molar-refractivity contribution in [3.8, 4) is 0 Å². The van der Waals surface area contributed by atoms with E-state index in [1.54, 1.807) is 12.1 Å². The number of benzene rings is 1. The van der Waals surface area contributed by atoms with Crippen molar-refractivity contribution in [2.75, 3.05) is 13.1 Å². The van der Waals surface area contributed by atoms with Crippen LogP contribution < -0.4 is 10.9 Å². The van der Waals surface area contributed by atoms with Crippen molar-refractivity contribution in [2.24, 2.45) is 5.92 Å². The monoisotopic (exact) mass is 376 g/mol. The van der Waals surface area contributed by atoms with Crippen molar-refractivity contribution in [3.63, 3.8) is 0 Å².